The van der Waals surface area contributed by atoms with Crippen LogP contribution in [0.15, 0.2) is 41.3 Å². The van der Waals surface area contributed by atoms with Crippen molar-refractivity contribution in [3.8, 4) is 11.6 Å². The van der Waals surface area contributed by atoms with Gasteiger partial charge in [0, 0.05) is 5.54 Å². The van der Waals surface area contributed by atoms with Crippen molar-refractivity contribution in [3.63, 3.8) is 0 Å². The maximum atomic E-state index is 12.2. The molecule has 0 spiro atoms. The number of hydrogen-bond acceptors (Lipinski definition) is 2. The molecule has 0 aliphatic carbocycles. The van der Waals surface area contributed by atoms with Gasteiger partial charge >= 0.3 is 5.69 Å². The third-order valence-electron chi connectivity index (χ3n) is 2.58. The minimum absolute atomic E-state index is 0.0219. The first-order valence-corrected chi connectivity index (χ1v) is 5.50. The van der Waals surface area contributed by atoms with Crippen molar-refractivity contribution in [3.05, 3.63) is 47.0 Å². The summed E-state index contributed by atoms with van der Waals surface area (Å²) in [6.07, 6.45) is 1.45. The molecule has 4 nitrogen and oxygen atoms in total. The van der Waals surface area contributed by atoms with Crippen LogP contribution in [0, 0.1) is 0 Å². The molecule has 1 aromatic heterocycles. The molecule has 2 aromatic rings. The molecule has 0 aliphatic heterocycles. The van der Waals surface area contributed by atoms with Crippen molar-refractivity contribution in [2.45, 2.75) is 26.3 Å². The quantitative estimate of drug-likeness (QED) is 0.818. The summed E-state index contributed by atoms with van der Waals surface area (Å²) in [5, 5.41) is 9.85. The van der Waals surface area contributed by atoms with Gasteiger partial charge in [0.25, 0.3) is 0 Å². The molecule has 1 aromatic carbocycles. The third-order valence-corrected chi connectivity index (χ3v) is 2.58. The highest BCUT2D eigenvalue weighted by atomic mass is 16.3. The van der Waals surface area contributed by atoms with E-state index in [1.54, 1.807) is 0 Å². The van der Waals surface area contributed by atoms with E-state index < -0.39 is 5.54 Å². The van der Waals surface area contributed by atoms with E-state index in [1.807, 2.05) is 51.1 Å². The van der Waals surface area contributed by atoms with Crippen LogP contribution in [0.4, 0.5) is 0 Å². The highest BCUT2D eigenvalue weighted by Crippen LogP contribution is 2.20. The van der Waals surface area contributed by atoms with Gasteiger partial charge in [-0.1, -0.05) is 18.2 Å². The number of aromatic hydroxyl groups is 1. The number of rotatable bonds is 1. The Morgan fingerprint density at radius 3 is 2.18 bits per heavy atom. The largest absolute Gasteiger partial charge is 0.493 e. The number of nitrogens with zero attached hydrogens (tertiary/aromatic N) is 2. The minimum Gasteiger partial charge on any atom is -0.493 e. The second-order valence-corrected chi connectivity index (χ2v) is 4.98. The van der Waals surface area contributed by atoms with Crippen LogP contribution in [-0.4, -0.2) is 14.2 Å². The van der Waals surface area contributed by atoms with Gasteiger partial charge in [-0.05, 0) is 32.9 Å². The number of imidazole rings is 1. The number of para-hydroxylation sites is 1. The first kappa shape index (κ1) is 11.5. The third kappa shape index (κ3) is 1.98. The van der Waals surface area contributed by atoms with E-state index in [1.165, 1.54) is 15.3 Å². The van der Waals surface area contributed by atoms with E-state index in [0.29, 0.717) is 0 Å². The van der Waals surface area contributed by atoms with Crippen LogP contribution < -0.4 is 5.69 Å². The molecule has 1 heterocycles. The molecule has 0 fully saturated rings. The van der Waals surface area contributed by atoms with Crippen molar-refractivity contribution in [2.24, 2.45) is 0 Å². The fourth-order valence-corrected chi connectivity index (χ4v) is 1.84. The van der Waals surface area contributed by atoms with Crippen LogP contribution in [0.2, 0.25) is 0 Å². The Labute approximate surface area is 99.8 Å². The van der Waals surface area contributed by atoms with E-state index >= 15 is 0 Å². The standard InChI is InChI=1S/C13H16N2O2/c1-13(2,3)15-11(16)9-14(12(15)17)10-7-5-4-6-8-10/h4-9,16H,1-3H3. The summed E-state index contributed by atoms with van der Waals surface area (Å²) in [5.41, 5.74) is 0.0679. The van der Waals surface area contributed by atoms with Gasteiger partial charge < -0.3 is 5.11 Å². The summed E-state index contributed by atoms with van der Waals surface area (Å²) in [5.74, 6) is -0.0219. The predicted octanol–water partition coefficient (Wildman–Crippen LogP) is 2.10. The van der Waals surface area contributed by atoms with Crippen molar-refractivity contribution < 1.29 is 5.11 Å². The Bertz CT molecular complexity index is 574. The molecule has 0 radical (unpaired) electrons. The van der Waals surface area contributed by atoms with E-state index in [-0.39, 0.29) is 11.6 Å². The molecule has 4 heteroatoms. The Morgan fingerprint density at radius 1 is 1.12 bits per heavy atom. The molecule has 0 aliphatic rings. The molecule has 0 bridgehead atoms. The Kier molecular flexibility index (Phi) is 2.58. The summed E-state index contributed by atoms with van der Waals surface area (Å²) < 4.78 is 2.82. The van der Waals surface area contributed by atoms with Crippen molar-refractivity contribution in [1.82, 2.24) is 9.13 Å². The van der Waals surface area contributed by atoms with Gasteiger partial charge in [-0.2, -0.15) is 0 Å². The lowest BCUT2D eigenvalue weighted by atomic mass is 10.1. The van der Waals surface area contributed by atoms with Crippen molar-refractivity contribution >= 4 is 0 Å². The van der Waals surface area contributed by atoms with Gasteiger partial charge in [-0.3, -0.25) is 9.13 Å². The molecule has 90 valence electrons. The molecule has 0 unspecified atom stereocenters. The Morgan fingerprint density at radius 2 is 1.71 bits per heavy atom. The van der Waals surface area contributed by atoms with Crippen LogP contribution in [0.25, 0.3) is 5.69 Å². The summed E-state index contributed by atoms with van der Waals surface area (Å²) in [6, 6.07) is 9.25. The topological polar surface area (TPSA) is 47.2 Å². The predicted molar refractivity (Wildman–Crippen MR) is 66.7 cm³/mol. The second-order valence-electron chi connectivity index (χ2n) is 4.98. The lowest BCUT2D eigenvalue weighted by molar-refractivity contribution is 0.318. The average Bonchev–Trinajstić information content (AvgIpc) is 2.54. The fourth-order valence-electron chi connectivity index (χ4n) is 1.84. The zero-order valence-corrected chi connectivity index (χ0v) is 10.2. The number of benzene rings is 1. The summed E-state index contributed by atoms with van der Waals surface area (Å²) in [4.78, 5) is 12.2. The summed E-state index contributed by atoms with van der Waals surface area (Å²) in [6.45, 7) is 5.64. The fraction of sp³-hybridized carbons (Fsp3) is 0.308. The van der Waals surface area contributed by atoms with E-state index in [2.05, 4.69) is 0 Å². The molecule has 17 heavy (non-hydrogen) atoms. The monoisotopic (exact) mass is 232 g/mol. The lowest BCUT2D eigenvalue weighted by Gasteiger charge is -2.19. The van der Waals surface area contributed by atoms with E-state index in [4.69, 9.17) is 0 Å². The molecule has 1 N–H and O–H groups in total. The van der Waals surface area contributed by atoms with Crippen LogP contribution in [0.1, 0.15) is 20.8 Å². The zero-order chi connectivity index (χ0) is 12.6. The van der Waals surface area contributed by atoms with Gasteiger partial charge in [0.2, 0.25) is 5.88 Å². The summed E-state index contributed by atoms with van der Waals surface area (Å²) >= 11 is 0. The van der Waals surface area contributed by atoms with Gasteiger partial charge in [-0.15, -0.1) is 0 Å². The van der Waals surface area contributed by atoms with Crippen LogP contribution in [-0.2, 0) is 5.54 Å². The van der Waals surface area contributed by atoms with Crippen molar-refractivity contribution in [1.29, 1.82) is 0 Å². The SMILES string of the molecule is CC(C)(C)n1c(O)cn(-c2ccccc2)c1=O. The first-order chi connectivity index (χ1) is 7.91. The molecular formula is C13H16N2O2. The Balaban J connectivity index is 2.65. The molecule has 0 saturated carbocycles. The van der Waals surface area contributed by atoms with Crippen LogP contribution in [0.3, 0.4) is 0 Å². The normalized spacial score (nSPS) is 11.7. The van der Waals surface area contributed by atoms with E-state index in [9.17, 15) is 9.90 Å². The smallest absolute Gasteiger partial charge is 0.336 e. The van der Waals surface area contributed by atoms with Crippen LogP contribution in [0.5, 0.6) is 5.88 Å². The molecule has 0 atom stereocenters. The van der Waals surface area contributed by atoms with Crippen molar-refractivity contribution in [2.75, 3.05) is 0 Å². The number of hydrogen-bond donors (Lipinski definition) is 1. The zero-order valence-electron chi connectivity index (χ0n) is 10.2. The van der Waals surface area contributed by atoms with Gasteiger partial charge in [0.05, 0.1) is 11.9 Å². The van der Waals surface area contributed by atoms with Gasteiger partial charge in [0.1, 0.15) is 0 Å². The van der Waals surface area contributed by atoms with Gasteiger partial charge in [0.15, 0.2) is 0 Å². The van der Waals surface area contributed by atoms with Crippen LogP contribution >= 0.6 is 0 Å². The maximum Gasteiger partial charge on any atom is 0.336 e. The minimum atomic E-state index is -0.443. The lowest BCUT2D eigenvalue weighted by Crippen LogP contribution is -2.34. The maximum absolute atomic E-state index is 12.2. The molecule has 0 amide bonds. The number of aromatic nitrogens is 2. The first-order valence-electron chi connectivity index (χ1n) is 5.50. The molecular weight excluding hydrogens is 216 g/mol. The van der Waals surface area contributed by atoms with E-state index in [0.717, 1.165) is 5.69 Å². The molecule has 0 saturated heterocycles. The Hall–Kier alpha value is -1.97. The molecule has 2 rings (SSSR count). The average molecular weight is 232 g/mol. The second kappa shape index (κ2) is 3.80. The highest BCUT2D eigenvalue weighted by Gasteiger charge is 2.22. The summed E-state index contributed by atoms with van der Waals surface area (Å²) in [7, 11) is 0. The highest BCUT2D eigenvalue weighted by molar-refractivity contribution is 5.33. The van der Waals surface area contributed by atoms with Gasteiger partial charge in [-0.25, -0.2) is 4.79 Å².